The standard InChI is InChI=1S/C27H41N3O4/c1-18-14-30(19(2)17-31)27(33)23-13-22(28-26(32)21-7-5-4-6-8-21)11-12-24(23)34-25(18)16-29(3)15-20-9-10-20/h11-13,18-21,25,31H,4-10,14-17H2,1-3H3,(H,28,32)/t18-,19+,25-/m0/s1. The first kappa shape index (κ1) is 25.0. The van der Waals surface area contributed by atoms with Crippen LogP contribution in [0.2, 0.25) is 0 Å². The number of nitrogens with zero attached hydrogens (tertiary/aromatic N) is 2. The van der Waals surface area contributed by atoms with E-state index in [4.69, 9.17) is 4.74 Å². The minimum atomic E-state index is -0.300. The molecule has 0 radical (unpaired) electrons. The number of rotatable bonds is 8. The third-order valence-corrected chi connectivity index (χ3v) is 7.67. The summed E-state index contributed by atoms with van der Waals surface area (Å²) in [4.78, 5) is 30.5. The summed E-state index contributed by atoms with van der Waals surface area (Å²) in [6.07, 6.45) is 7.77. The fourth-order valence-corrected chi connectivity index (χ4v) is 5.25. The van der Waals surface area contributed by atoms with Crippen LogP contribution in [0.25, 0.3) is 0 Å². The molecule has 7 heteroatoms. The fraction of sp³-hybridized carbons (Fsp3) is 0.704. The molecule has 188 valence electrons. The largest absolute Gasteiger partial charge is 0.488 e. The van der Waals surface area contributed by atoms with Crippen molar-refractivity contribution in [2.24, 2.45) is 17.8 Å². The summed E-state index contributed by atoms with van der Waals surface area (Å²) in [7, 11) is 2.14. The van der Waals surface area contributed by atoms with Gasteiger partial charge >= 0.3 is 0 Å². The van der Waals surface area contributed by atoms with Gasteiger partial charge in [-0.2, -0.15) is 0 Å². The highest BCUT2D eigenvalue weighted by Crippen LogP contribution is 2.33. The first-order valence-corrected chi connectivity index (χ1v) is 13.1. The zero-order valence-electron chi connectivity index (χ0n) is 21.0. The van der Waals surface area contributed by atoms with E-state index in [9.17, 15) is 14.7 Å². The number of nitrogens with one attached hydrogen (secondary N) is 1. The van der Waals surface area contributed by atoms with Crippen molar-refractivity contribution in [3.8, 4) is 5.75 Å². The van der Waals surface area contributed by atoms with Crippen LogP contribution in [0, 0.1) is 17.8 Å². The van der Waals surface area contributed by atoms with Crippen LogP contribution >= 0.6 is 0 Å². The van der Waals surface area contributed by atoms with Gasteiger partial charge in [0.1, 0.15) is 11.9 Å². The minimum absolute atomic E-state index is 0.0349. The van der Waals surface area contributed by atoms with E-state index in [2.05, 4.69) is 24.2 Å². The molecule has 2 aliphatic carbocycles. The molecular formula is C27H41N3O4. The predicted molar refractivity (Wildman–Crippen MR) is 133 cm³/mol. The van der Waals surface area contributed by atoms with Crippen LogP contribution in [0.15, 0.2) is 18.2 Å². The maximum absolute atomic E-state index is 13.6. The summed E-state index contributed by atoms with van der Waals surface area (Å²) in [6.45, 7) is 6.26. The summed E-state index contributed by atoms with van der Waals surface area (Å²) in [6, 6.07) is 5.10. The Morgan fingerprint density at radius 3 is 2.62 bits per heavy atom. The maximum atomic E-state index is 13.6. The van der Waals surface area contributed by atoms with Crippen LogP contribution in [0.1, 0.15) is 69.2 Å². The SMILES string of the molecule is C[C@H](CO)N1C[C@H](C)[C@H](CN(C)CC2CC2)Oc2ccc(NC(=O)C3CCCCC3)cc2C1=O. The van der Waals surface area contributed by atoms with Gasteiger partial charge < -0.3 is 25.0 Å². The molecule has 3 aliphatic rings. The molecule has 0 spiro atoms. The van der Waals surface area contributed by atoms with Crippen LogP contribution in [0.5, 0.6) is 5.75 Å². The molecule has 34 heavy (non-hydrogen) atoms. The van der Waals surface area contributed by atoms with Gasteiger partial charge in [0, 0.05) is 37.2 Å². The smallest absolute Gasteiger partial charge is 0.258 e. The molecule has 0 saturated heterocycles. The number of fused-ring (bicyclic) bond motifs is 1. The van der Waals surface area contributed by atoms with Crippen LogP contribution in [-0.4, -0.2) is 72.2 Å². The normalized spacial score (nSPS) is 24.7. The van der Waals surface area contributed by atoms with Gasteiger partial charge in [0.2, 0.25) is 5.91 Å². The number of likely N-dealkylation sites (N-methyl/N-ethyl adjacent to an activating group) is 1. The van der Waals surface area contributed by atoms with Gasteiger partial charge in [-0.25, -0.2) is 0 Å². The second kappa shape index (κ2) is 11.1. The topological polar surface area (TPSA) is 82.1 Å². The quantitative estimate of drug-likeness (QED) is 0.603. The molecule has 3 atom stereocenters. The third-order valence-electron chi connectivity index (χ3n) is 7.67. The Morgan fingerprint density at radius 1 is 1.21 bits per heavy atom. The fourth-order valence-electron chi connectivity index (χ4n) is 5.25. The lowest BCUT2D eigenvalue weighted by molar-refractivity contribution is -0.120. The average molecular weight is 472 g/mol. The van der Waals surface area contributed by atoms with E-state index in [0.717, 1.165) is 44.7 Å². The first-order chi connectivity index (χ1) is 16.4. The summed E-state index contributed by atoms with van der Waals surface area (Å²) in [5.74, 6) is 1.37. The minimum Gasteiger partial charge on any atom is -0.488 e. The number of hydrogen-bond acceptors (Lipinski definition) is 5. The molecule has 1 aromatic rings. The number of aliphatic hydroxyl groups is 1. The van der Waals surface area contributed by atoms with Crippen molar-refractivity contribution in [1.29, 1.82) is 0 Å². The van der Waals surface area contributed by atoms with Crippen LogP contribution in [0.3, 0.4) is 0 Å². The number of ether oxygens (including phenoxy) is 1. The molecule has 1 aliphatic heterocycles. The van der Waals surface area contributed by atoms with E-state index < -0.39 is 0 Å². The molecule has 2 amide bonds. The molecule has 2 fully saturated rings. The van der Waals surface area contributed by atoms with Crippen LogP contribution in [0.4, 0.5) is 5.69 Å². The number of carbonyl (C=O) groups excluding carboxylic acids is 2. The predicted octanol–water partition coefficient (Wildman–Crippen LogP) is 3.77. The van der Waals surface area contributed by atoms with Gasteiger partial charge in [-0.05, 0) is 63.8 Å². The molecule has 1 aromatic carbocycles. The van der Waals surface area contributed by atoms with Gasteiger partial charge in [0.25, 0.3) is 5.91 Å². The number of benzene rings is 1. The summed E-state index contributed by atoms with van der Waals surface area (Å²) in [5.41, 5.74) is 1.07. The van der Waals surface area contributed by atoms with Gasteiger partial charge in [0.15, 0.2) is 0 Å². The number of carbonyl (C=O) groups is 2. The third kappa shape index (κ3) is 6.11. The summed E-state index contributed by atoms with van der Waals surface area (Å²) in [5, 5.41) is 12.9. The van der Waals surface area contributed by atoms with Crippen molar-refractivity contribution in [2.75, 3.05) is 38.6 Å². The van der Waals surface area contributed by atoms with Crippen molar-refractivity contribution in [3.63, 3.8) is 0 Å². The molecule has 7 nitrogen and oxygen atoms in total. The monoisotopic (exact) mass is 471 g/mol. The Bertz CT molecular complexity index is 865. The lowest BCUT2D eigenvalue weighted by Gasteiger charge is -2.38. The molecular weight excluding hydrogens is 430 g/mol. The highest BCUT2D eigenvalue weighted by atomic mass is 16.5. The molecule has 0 bridgehead atoms. The van der Waals surface area contributed by atoms with E-state index in [1.807, 2.05) is 19.1 Å². The van der Waals surface area contributed by atoms with Gasteiger partial charge in [-0.3, -0.25) is 9.59 Å². The summed E-state index contributed by atoms with van der Waals surface area (Å²) < 4.78 is 6.47. The number of hydrogen-bond donors (Lipinski definition) is 2. The Balaban J connectivity index is 1.57. The Kier molecular flexibility index (Phi) is 8.14. The average Bonchev–Trinajstić information content (AvgIpc) is 3.65. The van der Waals surface area contributed by atoms with E-state index in [1.54, 1.807) is 11.0 Å². The molecule has 0 unspecified atom stereocenters. The molecule has 1 heterocycles. The van der Waals surface area contributed by atoms with Crippen molar-refractivity contribution < 1.29 is 19.4 Å². The van der Waals surface area contributed by atoms with Crippen molar-refractivity contribution in [3.05, 3.63) is 23.8 Å². The molecule has 0 aromatic heterocycles. The molecule has 2 N–H and O–H groups in total. The van der Waals surface area contributed by atoms with E-state index in [-0.39, 0.29) is 42.4 Å². The van der Waals surface area contributed by atoms with Crippen molar-refractivity contribution >= 4 is 17.5 Å². The van der Waals surface area contributed by atoms with E-state index in [0.29, 0.717) is 23.5 Å². The zero-order chi connectivity index (χ0) is 24.2. The lowest BCUT2D eigenvalue weighted by Crippen LogP contribution is -2.50. The molecule has 2 saturated carbocycles. The Hall–Kier alpha value is -2.12. The lowest BCUT2D eigenvalue weighted by atomic mass is 9.88. The van der Waals surface area contributed by atoms with E-state index >= 15 is 0 Å². The maximum Gasteiger partial charge on any atom is 0.258 e. The van der Waals surface area contributed by atoms with Gasteiger partial charge in [0.05, 0.1) is 18.2 Å². The number of anilines is 1. The molecule has 4 rings (SSSR count). The second-order valence-electron chi connectivity index (χ2n) is 10.8. The number of amides is 2. The van der Waals surface area contributed by atoms with E-state index in [1.165, 1.54) is 19.3 Å². The zero-order valence-corrected chi connectivity index (χ0v) is 21.0. The van der Waals surface area contributed by atoms with Crippen molar-refractivity contribution in [1.82, 2.24) is 9.80 Å². The van der Waals surface area contributed by atoms with Crippen LogP contribution in [-0.2, 0) is 4.79 Å². The second-order valence-corrected chi connectivity index (χ2v) is 10.8. The first-order valence-electron chi connectivity index (χ1n) is 13.1. The van der Waals surface area contributed by atoms with Gasteiger partial charge in [-0.1, -0.05) is 26.2 Å². The highest BCUT2D eigenvalue weighted by Gasteiger charge is 2.34. The van der Waals surface area contributed by atoms with Gasteiger partial charge in [-0.15, -0.1) is 0 Å². The van der Waals surface area contributed by atoms with Crippen LogP contribution < -0.4 is 10.1 Å². The Labute approximate surface area is 203 Å². The summed E-state index contributed by atoms with van der Waals surface area (Å²) >= 11 is 0. The highest BCUT2D eigenvalue weighted by molar-refractivity contribution is 6.00. The van der Waals surface area contributed by atoms with Crippen molar-refractivity contribution in [2.45, 2.75) is 70.9 Å². The number of aliphatic hydroxyl groups excluding tert-OH is 1. The Morgan fingerprint density at radius 2 is 1.94 bits per heavy atom.